The molecule has 24 heavy (non-hydrogen) atoms. The predicted octanol–water partition coefficient (Wildman–Crippen LogP) is 3.36. The first-order valence-electron chi connectivity index (χ1n) is 7.59. The Morgan fingerprint density at radius 3 is 2.54 bits per heavy atom. The molecule has 0 aromatic heterocycles. The third-order valence-electron chi connectivity index (χ3n) is 3.78. The lowest BCUT2D eigenvalue weighted by molar-refractivity contribution is -0.385. The third-order valence-corrected chi connectivity index (χ3v) is 3.78. The van der Waals surface area contributed by atoms with E-state index in [4.69, 9.17) is 4.74 Å². The third kappa shape index (κ3) is 4.10. The van der Waals surface area contributed by atoms with Gasteiger partial charge in [-0.15, -0.1) is 0 Å². The molecule has 0 fully saturated rings. The first-order chi connectivity index (χ1) is 11.4. The standard InChI is InChI=1S/C18H20N2O4/c1-13-8-9-15(12-16(13)20(22)23)18(21)19(3)10-11-24-17-7-5-4-6-14(17)2/h4-9,12H,10-11H2,1-3H3. The van der Waals surface area contributed by atoms with Crippen molar-refractivity contribution in [2.75, 3.05) is 20.2 Å². The van der Waals surface area contributed by atoms with Crippen molar-refractivity contribution in [1.29, 1.82) is 0 Å². The van der Waals surface area contributed by atoms with E-state index >= 15 is 0 Å². The van der Waals surface area contributed by atoms with Crippen molar-refractivity contribution in [2.45, 2.75) is 13.8 Å². The van der Waals surface area contributed by atoms with Gasteiger partial charge in [-0.3, -0.25) is 14.9 Å². The molecule has 0 heterocycles. The largest absolute Gasteiger partial charge is 0.491 e. The molecule has 2 aromatic carbocycles. The van der Waals surface area contributed by atoms with Crippen LogP contribution in [0.15, 0.2) is 42.5 Å². The van der Waals surface area contributed by atoms with Crippen molar-refractivity contribution in [3.8, 4) is 5.75 Å². The van der Waals surface area contributed by atoms with Gasteiger partial charge in [0.15, 0.2) is 0 Å². The molecule has 0 aliphatic heterocycles. The van der Waals surface area contributed by atoms with E-state index in [2.05, 4.69) is 0 Å². The topological polar surface area (TPSA) is 72.7 Å². The Hall–Kier alpha value is -2.89. The monoisotopic (exact) mass is 328 g/mol. The molecule has 0 atom stereocenters. The van der Waals surface area contributed by atoms with E-state index < -0.39 is 4.92 Å². The summed E-state index contributed by atoms with van der Waals surface area (Å²) in [7, 11) is 1.65. The number of ether oxygens (including phenoxy) is 1. The fourth-order valence-electron chi connectivity index (χ4n) is 2.27. The Labute approximate surface area is 140 Å². The Bertz CT molecular complexity index is 758. The van der Waals surface area contributed by atoms with Crippen LogP contribution in [-0.4, -0.2) is 35.9 Å². The van der Waals surface area contributed by atoms with E-state index in [0.717, 1.165) is 11.3 Å². The number of nitrogens with zero attached hydrogens (tertiary/aromatic N) is 2. The second kappa shape index (κ2) is 7.59. The molecule has 2 rings (SSSR count). The maximum atomic E-state index is 12.4. The van der Waals surface area contributed by atoms with Crippen LogP contribution in [0.4, 0.5) is 5.69 Å². The van der Waals surface area contributed by atoms with Crippen molar-refractivity contribution < 1.29 is 14.5 Å². The number of nitro groups is 1. The number of carbonyl (C=O) groups is 1. The van der Waals surface area contributed by atoms with Gasteiger partial charge in [0, 0.05) is 24.2 Å². The zero-order valence-corrected chi connectivity index (χ0v) is 14.0. The molecule has 6 nitrogen and oxygen atoms in total. The van der Waals surface area contributed by atoms with Gasteiger partial charge in [0.1, 0.15) is 12.4 Å². The van der Waals surface area contributed by atoms with Crippen LogP contribution in [0.5, 0.6) is 5.75 Å². The molecule has 0 bridgehead atoms. The molecule has 1 amide bonds. The molecule has 0 spiro atoms. The lowest BCUT2D eigenvalue weighted by atomic mass is 10.1. The number of benzene rings is 2. The van der Waals surface area contributed by atoms with Crippen LogP contribution < -0.4 is 4.74 Å². The van der Waals surface area contributed by atoms with Gasteiger partial charge >= 0.3 is 0 Å². The van der Waals surface area contributed by atoms with Crippen LogP contribution in [0.3, 0.4) is 0 Å². The van der Waals surface area contributed by atoms with E-state index in [1.54, 1.807) is 26.1 Å². The number of amides is 1. The Morgan fingerprint density at radius 2 is 1.88 bits per heavy atom. The molecule has 0 saturated heterocycles. The van der Waals surface area contributed by atoms with Crippen molar-refractivity contribution >= 4 is 11.6 Å². The summed E-state index contributed by atoms with van der Waals surface area (Å²) in [5.74, 6) is 0.510. The van der Waals surface area contributed by atoms with Gasteiger partial charge < -0.3 is 9.64 Å². The summed E-state index contributed by atoms with van der Waals surface area (Å²) in [5, 5.41) is 11.0. The summed E-state index contributed by atoms with van der Waals surface area (Å²) in [6, 6.07) is 12.2. The van der Waals surface area contributed by atoms with Crippen LogP contribution in [0, 0.1) is 24.0 Å². The van der Waals surface area contributed by atoms with E-state index in [0.29, 0.717) is 24.3 Å². The van der Waals surface area contributed by atoms with Gasteiger partial charge in [-0.2, -0.15) is 0 Å². The lowest BCUT2D eigenvalue weighted by Crippen LogP contribution is -2.31. The minimum absolute atomic E-state index is 0.0505. The summed E-state index contributed by atoms with van der Waals surface area (Å²) in [6.07, 6.45) is 0. The average molecular weight is 328 g/mol. The fourth-order valence-corrected chi connectivity index (χ4v) is 2.27. The zero-order chi connectivity index (χ0) is 17.7. The molecular weight excluding hydrogens is 308 g/mol. The molecule has 0 aliphatic rings. The number of nitro benzene ring substituents is 1. The summed E-state index contributed by atoms with van der Waals surface area (Å²) < 4.78 is 5.67. The lowest BCUT2D eigenvalue weighted by Gasteiger charge is -2.18. The minimum Gasteiger partial charge on any atom is -0.491 e. The van der Waals surface area contributed by atoms with Crippen molar-refractivity contribution in [2.24, 2.45) is 0 Å². The van der Waals surface area contributed by atoms with Gasteiger partial charge in [-0.25, -0.2) is 0 Å². The van der Waals surface area contributed by atoms with Crippen molar-refractivity contribution in [3.63, 3.8) is 0 Å². The maximum Gasteiger partial charge on any atom is 0.273 e. The van der Waals surface area contributed by atoms with Crippen LogP contribution in [-0.2, 0) is 0 Å². The highest BCUT2D eigenvalue weighted by atomic mass is 16.6. The smallest absolute Gasteiger partial charge is 0.273 e. The molecular formula is C18H20N2O4. The minimum atomic E-state index is -0.479. The van der Waals surface area contributed by atoms with Crippen molar-refractivity contribution in [1.82, 2.24) is 4.90 Å². The van der Waals surface area contributed by atoms with E-state index in [1.807, 2.05) is 31.2 Å². The molecule has 126 valence electrons. The first-order valence-corrected chi connectivity index (χ1v) is 7.59. The number of para-hydroxylation sites is 1. The average Bonchev–Trinajstić information content (AvgIpc) is 2.56. The van der Waals surface area contributed by atoms with Crippen LogP contribution in [0.2, 0.25) is 0 Å². The summed E-state index contributed by atoms with van der Waals surface area (Å²) >= 11 is 0. The van der Waals surface area contributed by atoms with Gasteiger partial charge in [0.2, 0.25) is 0 Å². The van der Waals surface area contributed by atoms with Gasteiger partial charge in [-0.05, 0) is 31.5 Å². The van der Waals surface area contributed by atoms with E-state index in [-0.39, 0.29) is 11.6 Å². The van der Waals surface area contributed by atoms with Gasteiger partial charge in [0.05, 0.1) is 11.5 Å². The quantitative estimate of drug-likeness (QED) is 0.602. The molecule has 0 aliphatic carbocycles. The number of hydrogen-bond donors (Lipinski definition) is 0. The van der Waals surface area contributed by atoms with E-state index in [9.17, 15) is 14.9 Å². The Morgan fingerprint density at radius 1 is 1.17 bits per heavy atom. The number of rotatable bonds is 6. The molecule has 0 saturated carbocycles. The highest BCUT2D eigenvalue weighted by molar-refractivity contribution is 5.94. The van der Waals surface area contributed by atoms with E-state index in [1.165, 1.54) is 11.0 Å². The summed E-state index contributed by atoms with van der Waals surface area (Å²) in [4.78, 5) is 24.4. The molecule has 2 aromatic rings. The summed E-state index contributed by atoms with van der Waals surface area (Å²) in [5.41, 5.74) is 1.80. The predicted molar refractivity (Wildman–Crippen MR) is 91.5 cm³/mol. The molecule has 6 heteroatoms. The fraction of sp³-hybridized carbons (Fsp3) is 0.278. The molecule has 0 N–H and O–H groups in total. The van der Waals surface area contributed by atoms with Crippen LogP contribution >= 0.6 is 0 Å². The highest BCUT2D eigenvalue weighted by Gasteiger charge is 2.17. The molecule has 0 radical (unpaired) electrons. The Kier molecular flexibility index (Phi) is 5.52. The number of likely N-dealkylation sites (N-methyl/N-ethyl adjacent to an activating group) is 1. The maximum absolute atomic E-state index is 12.4. The highest BCUT2D eigenvalue weighted by Crippen LogP contribution is 2.20. The van der Waals surface area contributed by atoms with Crippen LogP contribution in [0.1, 0.15) is 21.5 Å². The van der Waals surface area contributed by atoms with Crippen molar-refractivity contribution in [3.05, 3.63) is 69.3 Å². The SMILES string of the molecule is Cc1ccccc1OCCN(C)C(=O)c1ccc(C)c([N+](=O)[O-])c1. The molecule has 0 unspecified atom stereocenters. The Balaban J connectivity index is 1.98. The number of aryl methyl sites for hydroxylation is 2. The zero-order valence-electron chi connectivity index (χ0n) is 14.0. The van der Waals surface area contributed by atoms with Crippen LogP contribution in [0.25, 0.3) is 0 Å². The summed E-state index contributed by atoms with van der Waals surface area (Å²) in [6.45, 7) is 4.33. The second-order valence-electron chi connectivity index (χ2n) is 5.60. The second-order valence-corrected chi connectivity index (χ2v) is 5.60. The number of hydrogen-bond acceptors (Lipinski definition) is 4. The van der Waals surface area contributed by atoms with Gasteiger partial charge in [0.25, 0.3) is 11.6 Å². The van der Waals surface area contributed by atoms with Gasteiger partial charge in [-0.1, -0.05) is 24.3 Å². The normalized spacial score (nSPS) is 10.3. The number of carbonyl (C=O) groups excluding carboxylic acids is 1. The first kappa shape index (κ1) is 17.5.